The Morgan fingerprint density at radius 2 is 1.55 bits per heavy atom. The van der Waals surface area contributed by atoms with Crippen LogP contribution in [0.25, 0.3) is 0 Å². The fourth-order valence-electron chi connectivity index (χ4n) is 2.62. The Kier molecular flexibility index (Phi) is 6.13. The number of rotatable bonds is 8. The van der Waals surface area contributed by atoms with Crippen molar-refractivity contribution < 1.29 is 14.2 Å². The van der Waals surface area contributed by atoms with E-state index in [-0.39, 0.29) is 0 Å². The Bertz CT molecular complexity index is 593. The Hall–Kier alpha value is -2.16. The summed E-state index contributed by atoms with van der Waals surface area (Å²) in [5.41, 5.74) is 2.52. The zero-order valence-corrected chi connectivity index (χ0v) is 13.6. The van der Waals surface area contributed by atoms with Crippen molar-refractivity contribution >= 4 is 0 Å². The van der Waals surface area contributed by atoms with Gasteiger partial charge >= 0.3 is 0 Å². The minimum Gasteiger partial charge on any atom is -0.497 e. The van der Waals surface area contributed by atoms with Gasteiger partial charge in [-0.2, -0.15) is 0 Å². The van der Waals surface area contributed by atoms with Crippen LogP contribution < -0.4 is 14.2 Å². The molecule has 0 unspecified atom stereocenters. The van der Waals surface area contributed by atoms with Crippen LogP contribution >= 0.6 is 0 Å². The third-order valence-electron chi connectivity index (χ3n) is 3.78. The molecule has 0 radical (unpaired) electrons. The van der Waals surface area contributed by atoms with Gasteiger partial charge < -0.3 is 14.2 Å². The fourth-order valence-corrected chi connectivity index (χ4v) is 2.62. The molecule has 3 nitrogen and oxygen atoms in total. The van der Waals surface area contributed by atoms with Gasteiger partial charge in [0.15, 0.2) is 11.5 Å². The summed E-state index contributed by atoms with van der Waals surface area (Å²) >= 11 is 0. The van der Waals surface area contributed by atoms with Gasteiger partial charge in [-0.15, -0.1) is 0 Å². The number of para-hydroxylation sites is 1. The Morgan fingerprint density at radius 3 is 2.27 bits per heavy atom. The monoisotopic (exact) mass is 300 g/mol. The smallest absolute Gasteiger partial charge is 0.163 e. The van der Waals surface area contributed by atoms with E-state index in [0.29, 0.717) is 0 Å². The summed E-state index contributed by atoms with van der Waals surface area (Å²) in [5, 5.41) is 0. The average Bonchev–Trinajstić information content (AvgIpc) is 2.58. The first-order valence-corrected chi connectivity index (χ1v) is 7.61. The first kappa shape index (κ1) is 16.2. The third kappa shape index (κ3) is 4.17. The molecular weight excluding hydrogens is 276 g/mol. The molecule has 3 heteroatoms. The predicted molar refractivity (Wildman–Crippen MR) is 89.2 cm³/mol. The molecule has 0 aliphatic carbocycles. The van der Waals surface area contributed by atoms with Gasteiger partial charge in [0.25, 0.3) is 0 Å². The summed E-state index contributed by atoms with van der Waals surface area (Å²) < 4.78 is 16.1. The molecule has 2 rings (SSSR count). The highest BCUT2D eigenvalue weighted by Gasteiger charge is 2.08. The number of benzene rings is 2. The lowest BCUT2D eigenvalue weighted by molar-refractivity contribution is 0.351. The minimum atomic E-state index is 0.799. The van der Waals surface area contributed by atoms with Crippen LogP contribution in [-0.2, 0) is 12.8 Å². The van der Waals surface area contributed by atoms with Gasteiger partial charge in [0.1, 0.15) is 5.75 Å². The van der Waals surface area contributed by atoms with Crippen molar-refractivity contribution in [1.82, 2.24) is 0 Å². The highest BCUT2D eigenvalue weighted by atomic mass is 16.5. The molecular formula is C19H24O3. The van der Waals surface area contributed by atoms with Crippen molar-refractivity contribution in [3.63, 3.8) is 0 Å². The summed E-state index contributed by atoms with van der Waals surface area (Å²) in [4.78, 5) is 0. The molecule has 22 heavy (non-hydrogen) atoms. The van der Waals surface area contributed by atoms with Crippen molar-refractivity contribution in [2.45, 2.75) is 25.7 Å². The fraction of sp³-hybridized carbons (Fsp3) is 0.368. The molecule has 0 bridgehead atoms. The van der Waals surface area contributed by atoms with E-state index in [4.69, 9.17) is 14.2 Å². The first-order valence-electron chi connectivity index (χ1n) is 7.61. The lowest BCUT2D eigenvalue weighted by atomic mass is 10.0. The van der Waals surface area contributed by atoms with Gasteiger partial charge in [0.05, 0.1) is 21.3 Å². The molecule has 0 saturated heterocycles. The number of aryl methyl sites for hydroxylation is 2. The standard InChI is InChI=1S/C19H24O3/c1-20-17-12-6-9-15(14-17)8-4-5-10-16-11-7-13-18(21-2)19(16)22-3/h6-7,9,11-14H,4-5,8,10H2,1-3H3. The molecule has 0 N–H and O–H groups in total. The number of methoxy groups -OCH3 is 3. The number of hydrogen-bond donors (Lipinski definition) is 0. The molecule has 0 saturated carbocycles. The van der Waals surface area contributed by atoms with Crippen molar-refractivity contribution in [2.24, 2.45) is 0 Å². The molecule has 0 heterocycles. The Morgan fingerprint density at radius 1 is 0.773 bits per heavy atom. The third-order valence-corrected chi connectivity index (χ3v) is 3.78. The zero-order valence-electron chi connectivity index (χ0n) is 13.6. The van der Waals surface area contributed by atoms with Crippen LogP contribution in [0.4, 0.5) is 0 Å². The maximum atomic E-state index is 5.47. The Labute approximate surface area is 132 Å². The van der Waals surface area contributed by atoms with Crippen LogP contribution in [0.15, 0.2) is 42.5 Å². The van der Waals surface area contributed by atoms with Crippen LogP contribution in [0.3, 0.4) is 0 Å². The second kappa shape index (κ2) is 8.32. The van der Waals surface area contributed by atoms with Gasteiger partial charge in [0.2, 0.25) is 0 Å². The molecule has 2 aromatic carbocycles. The number of unbranched alkanes of at least 4 members (excludes halogenated alkanes) is 1. The molecule has 0 aliphatic heterocycles. The lowest BCUT2D eigenvalue weighted by Crippen LogP contribution is -1.97. The molecule has 0 atom stereocenters. The maximum Gasteiger partial charge on any atom is 0.163 e. The van der Waals surface area contributed by atoms with Crippen LogP contribution in [0.1, 0.15) is 24.0 Å². The van der Waals surface area contributed by atoms with Crippen LogP contribution in [0, 0.1) is 0 Å². The van der Waals surface area contributed by atoms with Crippen LogP contribution in [-0.4, -0.2) is 21.3 Å². The predicted octanol–water partition coefficient (Wildman–Crippen LogP) is 4.28. The summed E-state index contributed by atoms with van der Waals surface area (Å²) in [5.74, 6) is 2.58. The highest BCUT2D eigenvalue weighted by Crippen LogP contribution is 2.31. The summed E-state index contributed by atoms with van der Waals surface area (Å²) in [6.45, 7) is 0. The van der Waals surface area contributed by atoms with E-state index in [1.807, 2.05) is 24.3 Å². The second-order valence-electron chi connectivity index (χ2n) is 5.21. The van der Waals surface area contributed by atoms with Crippen LogP contribution in [0.5, 0.6) is 17.2 Å². The van der Waals surface area contributed by atoms with E-state index in [1.54, 1.807) is 21.3 Å². The molecule has 0 fully saturated rings. The van der Waals surface area contributed by atoms with E-state index in [2.05, 4.69) is 18.2 Å². The molecule has 0 aliphatic rings. The highest BCUT2D eigenvalue weighted by molar-refractivity contribution is 5.46. The van der Waals surface area contributed by atoms with Crippen molar-refractivity contribution in [3.8, 4) is 17.2 Å². The quantitative estimate of drug-likeness (QED) is 0.681. The average molecular weight is 300 g/mol. The molecule has 118 valence electrons. The number of ether oxygens (including phenoxy) is 3. The van der Waals surface area contributed by atoms with E-state index in [1.165, 1.54) is 11.1 Å². The molecule has 0 spiro atoms. The van der Waals surface area contributed by atoms with Gasteiger partial charge in [-0.1, -0.05) is 24.3 Å². The van der Waals surface area contributed by atoms with Gasteiger partial charge in [0, 0.05) is 0 Å². The van der Waals surface area contributed by atoms with E-state index in [9.17, 15) is 0 Å². The Balaban J connectivity index is 1.88. The second-order valence-corrected chi connectivity index (χ2v) is 5.21. The van der Waals surface area contributed by atoms with Gasteiger partial charge in [-0.3, -0.25) is 0 Å². The zero-order chi connectivity index (χ0) is 15.8. The lowest BCUT2D eigenvalue weighted by Gasteiger charge is -2.12. The molecule has 0 aromatic heterocycles. The largest absolute Gasteiger partial charge is 0.497 e. The van der Waals surface area contributed by atoms with E-state index in [0.717, 1.165) is 42.9 Å². The van der Waals surface area contributed by atoms with Gasteiger partial charge in [-0.05, 0) is 55.0 Å². The van der Waals surface area contributed by atoms with Gasteiger partial charge in [-0.25, -0.2) is 0 Å². The molecule has 2 aromatic rings. The summed E-state index contributed by atoms with van der Waals surface area (Å²) in [6.07, 6.45) is 4.29. The summed E-state index contributed by atoms with van der Waals surface area (Å²) in [7, 11) is 5.07. The van der Waals surface area contributed by atoms with Crippen molar-refractivity contribution in [1.29, 1.82) is 0 Å². The van der Waals surface area contributed by atoms with E-state index < -0.39 is 0 Å². The SMILES string of the molecule is COc1cccc(CCCCc2cccc(OC)c2OC)c1. The van der Waals surface area contributed by atoms with Crippen molar-refractivity contribution in [2.75, 3.05) is 21.3 Å². The summed E-state index contributed by atoms with van der Waals surface area (Å²) in [6, 6.07) is 14.3. The van der Waals surface area contributed by atoms with Crippen LogP contribution in [0.2, 0.25) is 0 Å². The normalized spacial score (nSPS) is 10.3. The van der Waals surface area contributed by atoms with Crippen molar-refractivity contribution in [3.05, 3.63) is 53.6 Å². The molecule has 0 amide bonds. The first-order chi connectivity index (χ1) is 10.8. The minimum absolute atomic E-state index is 0.799. The topological polar surface area (TPSA) is 27.7 Å². The maximum absolute atomic E-state index is 5.47. The van der Waals surface area contributed by atoms with E-state index >= 15 is 0 Å². The number of hydrogen-bond acceptors (Lipinski definition) is 3.